The minimum atomic E-state index is 0.281. The molecule has 1 aliphatic heterocycles. The van der Waals surface area contributed by atoms with E-state index < -0.39 is 0 Å². The topological polar surface area (TPSA) is 38.3 Å². The Morgan fingerprint density at radius 1 is 1.16 bits per heavy atom. The van der Waals surface area contributed by atoms with Crippen LogP contribution in [0.1, 0.15) is 79.1 Å². The van der Waals surface area contributed by atoms with E-state index in [0.29, 0.717) is 23.0 Å². The van der Waals surface area contributed by atoms with E-state index in [4.69, 9.17) is 4.74 Å². The lowest BCUT2D eigenvalue weighted by Gasteiger charge is -2.60. The van der Waals surface area contributed by atoms with Gasteiger partial charge in [-0.1, -0.05) is 27.7 Å². The Labute approximate surface area is 153 Å². The number of hydrogen-bond acceptors (Lipinski definition) is 2. The van der Waals surface area contributed by atoms with Crippen LogP contribution in [0.25, 0.3) is 0 Å². The van der Waals surface area contributed by atoms with Crippen molar-refractivity contribution in [2.45, 2.75) is 91.2 Å². The fraction of sp³-hybridized carbons (Fsp3) is 0.955. The summed E-state index contributed by atoms with van der Waals surface area (Å²) in [5, 5.41) is 3.35. The summed E-state index contributed by atoms with van der Waals surface area (Å²) in [7, 11) is 0. The molecule has 1 heterocycles. The second-order valence-electron chi connectivity index (χ2n) is 10.1. The van der Waals surface area contributed by atoms with Gasteiger partial charge in [0.2, 0.25) is 5.91 Å². The molecule has 3 aliphatic carbocycles. The summed E-state index contributed by atoms with van der Waals surface area (Å²) in [6, 6.07) is 0.420. The maximum atomic E-state index is 11.9. The molecule has 142 valence electrons. The first-order chi connectivity index (χ1) is 11.9. The van der Waals surface area contributed by atoms with Gasteiger partial charge in [0.05, 0.1) is 6.10 Å². The quantitative estimate of drug-likeness (QED) is 0.813. The number of amides is 1. The molecule has 1 amide bonds. The maximum Gasteiger partial charge on any atom is 0.220 e. The molecule has 0 aromatic rings. The summed E-state index contributed by atoms with van der Waals surface area (Å²) in [5.41, 5.74) is 0.692. The SMILES string of the molecule is CCCOC1CC(C)C2C3CCC4NC(=O)CCC4(C)C3CCC12C. The van der Waals surface area contributed by atoms with E-state index in [0.717, 1.165) is 49.5 Å². The zero-order valence-corrected chi connectivity index (χ0v) is 16.6. The molecule has 4 aliphatic rings. The van der Waals surface area contributed by atoms with Crippen molar-refractivity contribution in [3.63, 3.8) is 0 Å². The lowest BCUT2D eigenvalue weighted by atomic mass is 9.47. The molecule has 3 nitrogen and oxygen atoms in total. The van der Waals surface area contributed by atoms with Crippen LogP contribution in [-0.2, 0) is 9.53 Å². The Kier molecular flexibility index (Phi) is 4.46. The molecule has 0 bridgehead atoms. The summed E-state index contributed by atoms with van der Waals surface area (Å²) in [6.07, 6.45) is 9.80. The zero-order chi connectivity index (χ0) is 17.8. The van der Waals surface area contributed by atoms with Gasteiger partial charge in [-0.3, -0.25) is 4.79 Å². The fourth-order valence-electron chi connectivity index (χ4n) is 7.70. The molecule has 1 saturated heterocycles. The molecule has 8 unspecified atom stereocenters. The van der Waals surface area contributed by atoms with Crippen molar-refractivity contribution in [3.8, 4) is 0 Å². The molecule has 3 saturated carbocycles. The molecule has 0 spiro atoms. The first-order valence-corrected chi connectivity index (χ1v) is 10.8. The van der Waals surface area contributed by atoms with E-state index >= 15 is 0 Å². The molecule has 0 radical (unpaired) electrons. The molecule has 0 aromatic carbocycles. The molecular formula is C22H37NO2. The van der Waals surface area contributed by atoms with Gasteiger partial charge in [0.1, 0.15) is 0 Å². The highest BCUT2D eigenvalue weighted by atomic mass is 16.5. The van der Waals surface area contributed by atoms with Gasteiger partial charge in [0, 0.05) is 19.1 Å². The van der Waals surface area contributed by atoms with Crippen LogP contribution in [0.15, 0.2) is 0 Å². The predicted octanol–water partition coefficient (Wildman–Crippen LogP) is 4.55. The van der Waals surface area contributed by atoms with Crippen molar-refractivity contribution in [3.05, 3.63) is 0 Å². The van der Waals surface area contributed by atoms with Crippen LogP contribution in [0.4, 0.5) is 0 Å². The van der Waals surface area contributed by atoms with Crippen molar-refractivity contribution >= 4 is 5.91 Å². The van der Waals surface area contributed by atoms with E-state index in [-0.39, 0.29) is 5.91 Å². The second kappa shape index (κ2) is 6.25. The first-order valence-electron chi connectivity index (χ1n) is 10.8. The average molecular weight is 348 g/mol. The van der Waals surface area contributed by atoms with Crippen LogP contribution in [-0.4, -0.2) is 24.7 Å². The summed E-state index contributed by atoms with van der Waals surface area (Å²) in [5.74, 6) is 3.49. The Bertz CT molecular complexity index is 534. The number of piperidine rings is 1. The van der Waals surface area contributed by atoms with Crippen molar-refractivity contribution in [2.24, 2.45) is 34.5 Å². The summed E-state index contributed by atoms with van der Waals surface area (Å²) < 4.78 is 6.36. The van der Waals surface area contributed by atoms with Gasteiger partial charge in [0.15, 0.2) is 0 Å². The molecular weight excluding hydrogens is 310 g/mol. The third-order valence-electron chi connectivity index (χ3n) is 8.85. The highest BCUT2D eigenvalue weighted by Gasteiger charge is 2.62. The maximum absolute atomic E-state index is 11.9. The highest BCUT2D eigenvalue weighted by molar-refractivity contribution is 5.77. The Morgan fingerprint density at radius 2 is 1.96 bits per heavy atom. The van der Waals surface area contributed by atoms with E-state index in [2.05, 4.69) is 33.0 Å². The van der Waals surface area contributed by atoms with Crippen molar-refractivity contribution in [1.82, 2.24) is 5.32 Å². The number of nitrogens with one attached hydrogen (secondary N) is 1. The molecule has 8 atom stereocenters. The van der Waals surface area contributed by atoms with E-state index in [1.807, 2.05) is 0 Å². The van der Waals surface area contributed by atoms with Crippen LogP contribution < -0.4 is 5.32 Å². The monoisotopic (exact) mass is 347 g/mol. The van der Waals surface area contributed by atoms with Crippen LogP contribution in [0.3, 0.4) is 0 Å². The molecule has 25 heavy (non-hydrogen) atoms. The number of rotatable bonds is 3. The lowest BCUT2D eigenvalue weighted by molar-refractivity contribution is -0.142. The van der Waals surface area contributed by atoms with E-state index in [1.54, 1.807) is 0 Å². The normalized spacial score (nSPS) is 52.1. The summed E-state index contributed by atoms with van der Waals surface area (Å²) >= 11 is 0. The Balaban J connectivity index is 1.59. The number of fused-ring (bicyclic) bond motifs is 5. The number of hydrogen-bond donors (Lipinski definition) is 1. The van der Waals surface area contributed by atoms with Gasteiger partial charge in [-0.15, -0.1) is 0 Å². The van der Waals surface area contributed by atoms with Crippen LogP contribution in [0.5, 0.6) is 0 Å². The number of carbonyl (C=O) groups excluding carboxylic acids is 1. The van der Waals surface area contributed by atoms with Crippen LogP contribution in [0.2, 0.25) is 0 Å². The Hall–Kier alpha value is -0.570. The Morgan fingerprint density at radius 3 is 2.72 bits per heavy atom. The summed E-state index contributed by atoms with van der Waals surface area (Å²) in [6.45, 7) is 10.6. The smallest absolute Gasteiger partial charge is 0.220 e. The van der Waals surface area contributed by atoms with Crippen molar-refractivity contribution < 1.29 is 9.53 Å². The number of ether oxygens (including phenoxy) is 1. The fourth-order valence-corrected chi connectivity index (χ4v) is 7.70. The largest absolute Gasteiger partial charge is 0.378 e. The number of carbonyl (C=O) groups is 1. The molecule has 3 heteroatoms. The van der Waals surface area contributed by atoms with Gasteiger partial charge in [0.25, 0.3) is 0 Å². The van der Waals surface area contributed by atoms with Gasteiger partial charge < -0.3 is 10.1 Å². The van der Waals surface area contributed by atoms with Crippen LogP contribution >= 0.6 is 0 Å². The van der Waals surface area contributed by atoms with Gasteiger partial charge in [-0.05, 0) is 79.4 Å². The first kappa shape index (κ1) is 17.8. The molecule has 4 rings (SSSR count). The van der Waals surface area contributed by atoms with E-state index in [1.165, 1.54) is 32.1 Å². The standard InChI is InChI=1S/C22H37NO2/c1-5-12-25-18-13-14(2)20-15-6-7-17-21(3,11-9-19(24)23-17)16(15)8-10-22(18,20)4/h14-18,20H,5-13H2,1-4H3,(H,23,24). The predicted molar refractivity (Wildman–Crippen MR) is 100 cm³/mol. The summed E-state index contributed by atoms with van der Waals surface area (Å²) in [4.78, 5) is 11.9. The molecule has 0 aromatic heterocycles. The molecule has 1 N–H and O–H groups in total. The van der Waals surface area contributed by atoms with Gasteiger partial charge >= 0.3 is 0 Å². The molecule has 4 fully saturated rings. The minimum Gasteiger partial charge on any atom is -0.378 e. The highest BCUT2D eigenvalue weighted by Crippen LogP contribution is 2.65. The van der Waals surface area contributed by atoms with Crippen molar-refractivity contribution in [2.75, 3.05) is 6.61 Å². The van der Waals surface area contributed by atoms with Crippen molar-refractivity contribution in [1.29, 1.82) is 0 Å². The van der Waals surface area contributed by atoms with Gasteiger partial charge in [-0.2, -0.15) is 0 Å². The minimum absolute atomic E-state index is 0.281. The van der Waals surface area contributed by atoms with E-state index in [9.17, 15) is 4.79 Å². The van der Waals surface area contributed by atoms with Crippen LogP contribution in [0, 0.1) is 34.5 Å². The lowest BCUT2D eigenvalue weighted by Crippen LogP contribution is -2.61. The third kappa shape index (κ3) is 2.59. The van der Waals surface area contributed by atoms with Gasteiger partial charge in [-0.25, -0.2) is 0 Å². The second-order valence-corrected chi connectivity index (χ2v) is 10.1. The third-order valence-corrected chi connectivity index (χ3v) is 8.85. The average Bonchev–Trinajstić information content (AvgIpc) is 2.84. The zero-order valence-electron chi connectivity index (χ0n) is 16.6.